The molecule has 0 amide bonds. The summed E-state index contributed by atoms with van der Waals surface area (Å²) in [4.78, 5) is 12.8. The lowest BCUT2D eigenvalue weighted by molar-refractivity contribution is -0.384. The lowest BCUT2D eigenvalue weighted by Gasteiger charge is -2.10. The van der Waals surface area contributed by atoms with E-state index < -0.39 is 4.92 Å². The van der Waals surface area contributed by atoms with E-state index in [0.717, 1.165) is 12.3 Å². The smallest absolute Gasteiger partial charge is 0.272 e. The van der Waals surface area contributed by atoms with E-state index >= 15 is 0 Å². The van der Waals surface area contributed by atoms with Crippen LogP contribution in [0.3, 0.4) is 0 Å². The van der Waals surface area contributed by atoms with Crippen molar-refractivity contribution in [2.45, 2.75) is 4.90 Å². The largest absolute Gasteiger partial charge is 0.309 e. The minimum absolute atomic E-state index is 0.0861. The van der Waals surface area contributed by atoms with Gasteiger partial charge in [0.25, 0.3) is 5.69 Å². The number of rotatable bonds is 5. The van der Waals surface area contributed by atoms with Gasteiger partial charge in [0.05, 0.1) is 15.0 Å². The van der Waals surface area contributed by atoms with Gasteiger partial charge in [0.1, 0.15) is 0 Å². The Morgan fingerprint density at radius 1 is 1.35 bits per heavy atom. The number of halogens is 2. The van der Waals surface area contributed by atoms with Gasteiger partial charge in [-0.1, -0.05) is 23.2 Å². The first-order valence-electron chi connectivity index (χ1n) is 4.82. The van der Waals surface area contributed by atoms with Gasteiger partial charge in [-0.3, -0.25) is 10.1 Å². The van der Waals surface area contributed by atoms with Crippen molar-refractivity contribution in [1.29, 1.82) is 0 Å². The second-order valence-corrected chi connectivity index (χ2v) is 5.57. The number of nitrogens with zero attached hydrogens (tertiary/aromatic N) is 2. The van der Waals surface area contributed by atoms with Crippen molar-refractivity contribution >= 4 is 40.7 Å². The molecule has 0 bridgehead atoms. The molecule has 1 aromatic rings. The van der Waals surface area contributed by atoms with Crippen molar-refractivity contribution in [3.05, 3.63) is 32.3 Å². The van der Waals surface area contributed by atoms with Crippen molar-refractivity contribution in [1.82, 2.24) is 4.90 Å². The first-order chi connectivity index (χ1) is 7.91. The molecule has 0 N–H and O–H groups in total. The highest BCUT2D eigenvalue weighted by Gasteiger charge is 2.14. The van der Waals surface area contributed by atoms with Gasteiger partial charge in [-0.2, -0.15) is 0 Å². The van der Waals surface area contributed by atoms with Crippen molar-refractivity contribution in [2.75, 3.05) is 26.4 Å². The minimum atomic E-state index is -0.508. The van der Waals surface area contributed by atoms with Crippen molar-refractivity contribution < 1.29 is 4.92 Å². The monoisotopic (exact) mass is 294 g/mol. The maximum atomic E-state index is 10.6. The molecule has 0 aliphatic carbocycles. The Labute approximate surface area is 114 Å². The average Bonchev–Trinajstić information content (AvgIpc) is 2.21. The highest BCUT2D eigenvalue weighted by Crippen LogP contribution is 2.37. The van der Waals surface area contributed by atoms with E-state index in [9.17, 15) is 10.1 Å². The number of nitro benzene ring substituents is 1. The van der Waals surface area contributed by atoms with E-state index in [1.54, 1.807) is 0 Å². The summed E-state index contributed by atoms with van der Waals surface area (Å²) in [5, 5.41) is 11.2. The topological polar surface area (TPSA) is 46.4 Å². The summed E-state index contributed by atoms with van der Waals surface area (Å²) in [5.74, 6) is 0.824. The van der Waals surface area contributed by atoms with Crippen LogP contribution in [0.4, 0.5) is 5.69 Å². The molecule has 17 heavy (non-hydrogen) atoms. The van der Waals surface area contributed by atoms with E-state index in [1.165, 1.54) is 23.9 Å². The molecular weight excluding hydrogens is 283 g/mol. The predicted octanol–water partition coefficient (Wildman–Crippen LogP) is 3.56. The van der Waals surface area contributed by atoms with Gasteiger partial charge in [0, 0.05) is 29.3 Å². The number of nitro groups is 1. The van der Waals surface area contributed by atoms with Crippen LogP contribution in [0, 0.1) is 10.1 Å². The Morgan fingerprint density at radius 3 is 2.29 bits per heavy atom. The van der Waals surface area contributed by atoms with Crippen molar-refractivity contribution in [2.24, 2.45) is 0 Å². The maximum Gasteiger partial charge on any atom is 0.272 e. The van der Waals surface area contributed by atoms with Crippen LogP contribution in [0.2, 0.25) is 10.0 Å². The summed E-state index contributed by atoms with van der Waals surface area (Å²) in [7, 11) is 3.94. The molecule has 0 aromatic heterocycles. The zero-order valence-corrected chi connectivity index (χ0v) is 11.8. The molecule has 0 saturated heterocycles. The van der Waals surface area contributed by atoms with E-state index in [0.29, 0.717) is 14.9 Å². The molecule has 0 aliphatic rings. The summed E-state index contributed by atoms with van der Waals surface area (Å²) < 4.78 is 0. The van der Waals surface area contributed by atoms with Crippen LogP contribution in [0.1, 0.15) is 0 Å². The first-order valence-corrected chi connectivity index (χ1v) is 6.57. The summed E-state index contributed by atoms with van der Waals surface area (Å²) in [6, 6.07) is 2.65. The van der Waals surface area contributed by atoms with Gasteiger partial charge in [0.15, 0.2) is 0 Å². The third-order valence-corrected chi connectivity index (χ3v) is 3.91. The van der Waals surface area contributed by atoms with E-state index in [1.807, 2.05) is 19.0 Å². The SMILES string of the molecule is CN(C)CCSc1c(Cl)cc([N+](=O)[O-])cc1Cl. The molecule has 0 saturated carbocycles. The zero-order chi connectivity index (χ0) is 13.0. The van der Waals surface area contributed by atoms with E-state index in [-0.39, 0.29) is 5.69 Å². The molecule has 4 nitrogen and oxygen atoms in total. The second-order valence-electron chi connectivity index (χ2n) is 3.65. The highest BCUT2D eigenvalue weighted by atomic mass is 35.5. The highest BCUT2D eigenvalue weighted by molar-refractivity contribution is 7.99. The molecule has 1 rings (SSSR count). The van der Waals surface area contributed by atoms with Crippen LogP contribution in [0.5, 0.6) is 0 Å². The van der Waals surface area contributed by atoms with Crippen molar-refractivity contribution in [3.63, 3.8) is 0 Å². The molecule has 1 aromatic carbocycles. The summed E-state index contributed by atoms with van der Waals surface area (Å²) in [6.07, 6.45) is 0. The third kappa shape index (κ3) is 4.35. The Hall–Kier alpha value is -0.490. The van der Waals surface area contributed by atoms with Crippen LogP contribution < -0.4 is 0 Å². The number of non-ortho nitro benzene ring substituents is 1. The molecule has 0 fully saturated rings. The van der Waals surface area contributed by atoms with Gasteiger partial charge in [0.2, 0.25) is 0 Å². The van der Waals surface area contributed by atoms with Gasteiger partial charge >= 0.3 is 0 Å². The quantitative estimate of drug-likeness (QED) is 0.473. The molecule has 7 heteroatoms. The summed E-state index contributed by atoms with van der Waals surface area (Å²) in [6.45, 7) is 0.883. The lowest BCUT2D eigenvalue weighted by Crippen LogP contribution is -2.14. The molecule has 0 unspecified atom stereocenters. The van der Waals surface area contributed by atoms with Crippen LogP contribution >= 0.6 is 35.0 Å². The number of hydrogen-bond acceptors (Lipinski definition) is 4. The maximum absolute atomic E-state index is 10.6. The molecule has 0 aliphatic heterocycles. The summed E-state index contributed by atoms with van der Waals surface area (Å²) in [5.41, 5.74) is -0.0861. The third-order valence-electron chi connectivity index (χ3n) is 1.98. The molecule has 0 heterocycles. The second kappa shape index (κ2) is 6.44. The summed E-state index contributed by atoms with van der Waals surface area (Å²) >= 11 is 13.4. The van der Waals surface area contributed by atoms with Crippen LogP contribution in [-0.4, -0.2) is 36.2 Å². The van der Waals surface area contributed by atoms with Gasteiger partial charge in [-0.25, -0.2) is 0 Å². The number of benzene rings is 1. The average molecular weight is 295 g/mol. The van der Waals surface area contributed by atoms with Crippen LogP contribution in [-0.2, 0) is 0 Å². The van der Waals surface area contributed by atoms with Crippen LogP contribution in [0.15, 0.2) is 17.0 Å². The Morgan fingerprint density at radius 2 is 1.88 bits per heavy atom. The fraction of sp³-hybridized carbons (Fsp3) is 0.400. The minimum Gasteiger partial charge on any atom is -0.309 e. The Balaban J connectivity index is 2.83. The van der Waals surface area contributed by atoms with Crippen LogP contribution in [0.25, 0.3) is 0 Å². The molecule has 0 radical (unpaired) electrons. The standard InChI is InChI=1S/C10H12Cl2N2O2S/c1-13(2)3-4-17-10-8(11)5-7(14(15)16)6-9(10)12/h5-6H,3-4H2,1-2H3. The molecule has 0 spiro atoms. The van der Waals surface area contributed by atoms with Gasteiger partial charge < -0.3 is 4.90 Å². The lowest BCUT2D eigenvalue weighted by atomic mass is 10.3. The van der Waals surface area contributed by atoms with Gasteiger partial charge in [-0.05, 0) is 14.1 Å². The predicted molar refractivity (Wildman–Crippen MR) is 72.4 cm³/mol. The fourth-order valence-electron chi connectivity index (χ4n) is 1.12. The normalized spacial score (nSPS) is 10.9. The van der Waals surface area contributed by atoms with E-state index in [2.05, 4.69) is 0 Å². The van der Waals surface area contributed by atoms with Crippen molar-refractivity contribution in [3.8, 4) is 0 Å². The molecular formula is C10H12Cl2N2O2S. The molecule has 0 atom stereocenters. The first kappa shape index (κ1) is 14.6. The van der Waals surface area contributed by atoms with E-state index in [4.69, 9.17) is 23.2 Å². The number of thioether (sulfide) groups is 1. The zero-order valence-electron chi connectivity index (χ0n) is 9.44. The Kier molecular flexibility index (Phi) is 5.52. The molecule has 94 valence electrons. The fourth-order valence-corrected chi connectivity index (χ4v) is 2.98. The number of hydrogen-bond donors (Lipinski definition) is 0. The van der Waals surface area contributed by atoms with Gasteiger partial charge in [-0.15, -0.1) is 11.8 Å². The Bertz CT molecular complexity index is 404.